The monoisotopic (exact) mass is 402 g/mol. The predicted molar refractivity (Wildman–Crippen MR) is 83.1 cm³/mol. The van der Waals surface area contributed by atoms with E-state index in [1.165, 1.54) is 3.57 Å². The lowest BCUT2D eigenvalue weighted by atomic mass is 10.2. The van der Waals surface area contributed by atoms with Crippen LogP contribution in [0.4, 0.5) is 5.69 Å². The lowest BCUT2D eigenvalue weighted by molar-refractivity contribution is 0.838. The standard InChI is InChI=1S/C13H12BrIN2/c1-9(12-4-2-3-7-16-12)17-13-8-10(15)5-6-11(13)14/h2-9,17H,1H3. The zero-order chi connectivity index (χ0) is 12.3. The molecule has 0 fully saturated rings. The Balaban J connectivity index is 2.18. The molecule has 1 unspecified atom stereocenters. The van der Waals surface area contributed by atoms with Crippen molar-refractivity contribution in [1.29, 1.82) is 0 Å². The summed E-state index contributed by atoms with van der Waals surface area (Å²) in [4.78, 5) is 4.35. The van der Waals surface area contributed by atoms with E-state index in [0.29, 0.717) is 0 Å². The second-order valence-electron chi connectivity index (χ2n) is 3.74. The van der Waals surface area contributed by atoms with Crippen LogP contribution >= 0.6 is 38.5 Å². The van der Waals surface area contributed by atoms with E-state index in [1.807, 2.05) is 24.4 Å². The van der Waals surface area contributed by atoms with Crippen LogP contribution in [0, 0.1) is 3.57 Å². The molecule has 2 rings (SSSR count). The molecule has 2 nitrogen and oxygen atoms in total. The zero-order valence-electron chi connectivity index (χ0n) is 9.32. The number of nitrogens with one attached hydrogen (secondary N) is 1. The Labute approximate surface area is 123 Å². The van der Waals surface area contributed by atoms with Crippen LogP contribution in [-0.2, 0) is 0 Å². The summed E-state index contributed by atoms with van der Waals surface area (Å²) in [7, 11) is 0. The summed E-state index contributed by atoms with van der Waals surface area (Å²) in [5.41, 5.74) is 2.13. The summed E-state index contributed by atoms with van der Waals surface area (Å²) in [5, 5.41) is 3.45. The van der Waals surface area contributed by atoms with Gasteiger partial charge in [0.05, 0.1) is 11.7 Å². The van der Waals surface area contributed by atoms with Crippen LogP contribution in [0.5, 0.6) is 0 Å². The Morgan fingerprint density at radius 3 is 2.82 bits per heavy atom. The fraction of sp³-hybridized carbons (Fsp3) is 0.154. The summed E-state index contributed by atoms with van der Waals surface area (Å²) in [6.45, 7) is 2.11. The average molecular weight is 403 g/mol. The molecule has 0 radical (unpaired) electrons. The molecule has 2 aromatic rings. The van der Waals surface area contributed by atoms with Crippen LogP contribution in [-0.4, -0.2) is 4.98 Å². The van der Waals surface area contributed by atoms with Crippen LogP contribution < -0.4 is 5.32 Å². The fourth-order valence-electron chi connectivity index (χ4n) is 1.55. The van der Waals surface area contributed by atoms with Crippen LogP contribution in [0.25, 0.3) is 0 Å². The SMILES string of the molecule is CC(Nc1cc(I)ccc1Br)c1ccccn1. The fourth-order valence-corrected chi connectivity index (χ4v) is 2.40. The van der Waals surface area contributed by atoms with E-state index >= 15 is 0 Å². The van der Waals surface area contributed by atoms with Gasteiger partial charge >= 0.3 is 0 Å². The Kier molecular flexibility index (Phi) is 4.39. The van der Waals surface area contributed by atoms with Gasteiger partial charge in [-0.1, -0.05) is 6.07 Å². The zero-order valence-corrected chi connectivity index (χ0v) is 13.1. The Hall–Kier alpha value is -0.620. The van der Waals surface area contributed by atoms with E-state index in [1.54, 1.807) is 0 Å². The van der Waals surface area contributed by atoms with Gasteiger partial charge in [0.1, 0.15) is 0 Å². The second-order valence-corrected chi connectivity index (χ2v) is 5.84. The topological polar surface area (TPSA) is 24.9 Å². The van der Waals surface area contributed by atoms with Gasteiger partial charge in [-0.05, 0) is 75.8 Å². The molecule has 17 heavy (non-hydrogen) atoms. The summed E-state index contributed by atoms with van der Waals surface area (Å²) in [5.74, 6) is 0. The van der Waals surface area contributed by atoms with Gasteiger partial charge < -0.3 is 5.32 Å². The van der Waals surface area contributed by atoms with E-state index in [0.717, 1.165) is 15.9 Å². The van der Waals surface area contributed by atoms with Gasteiger partial charge in [-0.25, -0.2) is 0 Å². The van der Waals surface area contributed by atoms with Crippen molar-refractivity contribution in [3.05, 3.63) is 56.3 Å². The van der Waals surface area contributed by atoms with Crippen molar-refractivity contribution >= 4 is 44.2 Å². The van der Waals surface area contributed by atoms with Gasteiger partial charge in [0.25, 0.3) is 0 Å². The maximum absolute atomic E-state index is 4.35. The number of aromatic nitrogens is 1. The smallest absolute Gasteiger partial charge is 0.0657 e. The van der Waals surface area contributed by atoms with Gasteiger partial charge in [-0.3, -0.25) is 4.98 Å². The maximum atomic E-state index is 4.35. The number of nitrogens with zero attached hydrogens (tertiary/aromatic N) is 1. The first kappa shape index (κ1) is 12.8. The summed E-state index contributed by atoms with van der Waals surface area (Å²) >= 11 is 5.85. The van der Waals surface area contributed by atoms with Crippen LogP contribution in [0.2, 0.25) is 0 Å². The number of pyridine rings is 1. The van der Waals surface area contributed by atoms with Crippen molar-refractivity contribution < 1.29 is 0 Å². The largest absolute Gasteiger partial charge is 0.376 e. The molecule has 4 heteroatoms. The van der Waals surface area contributed by atoms with Gasteiger partial charge in [-0.2, -0.15) is 0 Å². The van der Waals surface area contributed by atoms with E-state index in [9.17, 15) is 0 Å². The molecule has 0 saturated carbocycles. The molecule has 88 valence electrons. The quantitative estimate of drug-likeness (QED) is 0.757. The van der Waals surface area contributed by atoms with E-state index in [4.69, 9.17) is 0 Å². The lowest BCUT2D eigenvalue weighted by Crippen LogP contribution is -2.08. The van der Waals surface area contributed by atoms with E-state index < -0.39 is 0 Å². The van der Waals surface area contributed by atoms with Crippen molar-refractivity contribution in [3.8, 4) is 0 Å². The molecule has 0 amide bonds. The first-order valence-electron chi connectivity index (χ1n) is 5.29. The van der Waals surface area contributed by atoms with Crippen molar-refractivity contribution in [2.45, 2.75) is 13.0 Å². The predicted octanol–water partition coefficient (Wildman–Crippen LogP) is 4.62. The minimum Gasteiger partial charge on any atom is -0.376 e. The molecule has 0 aliphatic heterocycles. The van der Waals surface area contributed by atoms with Crippen molar-refractivity contribution in [2.75, 3.05) is 5.32 Å². The highest BCUT2D eigenvalue weighted by atomic mass is 127. The summed E-state index contributed by atoms with van der Waals surface area (Å²) in [6, 6.07) is 12.4. The van der Waals surface area contributed by atoms with Crippen molar-refractivity contribution in [2.24, 2.45) is 0 Å². The highest BCUT2D eigenvalue weighted by molar-refractivity contribution is 14.1. The van der Waals surface area contributed by atoms with Crippen LogP contribution in [0.1, 0.15) is 18.7 Å². The van der Waals surface area contributed by atoms with E-state index in [-0.39, 0.29) is 6.04 Å². The molecule has 1 N–H and O–H groups in total. The molecular formula is C13H12BrIN2. The van der Waals surface area contributed by atoms with E-state index in [2.05, 4.69) is 73.9 Å². The molecule has 0 bridgehead atoms. The van der Waals surface area contributed by atoms with Crippen molar-refractivity contribution in [1.82, 2.24) is 4.98 Å². The first-order valence-corrected chi connectivity index (χ1v) is 7.16. The van der Waals surface area contributed by atoms with Crippen molar-refractivity contribution in [3.63, 3.8) is 0 Å². The summed E-state index contributed by atoms with van der Waals surface area (Å²) < 4.78 is 2.28. The summed E-state index contributed by atoms with van der Waals surface area (Å²) in [6.07, 6.45) is 1.82. The number of rotatable bonds is 3. The Morgan fingerprint density at radius 2 is 2.12 bits per heavy atom. The molecular weight excluding hydrogens is 391 g/mol. The molecule has 1 aromatic heterocycles. The molecule has 0 aliphatic rings. The highest BCUT2D eigenvalue weighted by Gasteiger charge is 2.08. The average Bonchev–Trinajstić information content (AvgIpc) is 2.35. The first-order chi connectivity index (χ1) is 8.16. The number of anilines is 1. The molecule has 0 spiro atoms. The van der Waals surface area contributed by atoms with Gasteiger partial charge in [0.2, 0.25) is 0 Å². The minimum absolute atomic E-state index is 0.186. The number of benzene rings is 1. The van der Waals surface area contributed by atoms with Crippen LogP contribution in [0.15, 0.2) is 47.1 Å². The van der Waals surface area contributed by atoms with Gasteiger partial charge in [-0.15, -0.1) is 0 Å². The minimum atomic E-state index is 0.186. The third-order valence-corrected chi connectivity index (χ3v) is 3.79. The number of hydrogen-bond donors (Lipinski definition) is 1. The lowest BCUT2D eigenvalue weighted by Gasteiger charge is -2.16. The maximum Gasteiger partial charge on any atom is 0.0657 e. The number of halogens is 2. The normalized spacial score (nSPS) is 12.2. The molecule has 0 saturated heterocycles. The molecule has 1 atom stereocenters. The third-order valence-electron chi connectivity index (χ3n) is 2.43. The molecule has 1 heterocycles. The third kappa shape index (κ3) is 3.42. The second kappa shape index (κ2) is 5.82. The van der Waals surface area contributed by atoms with Crippen LogP contribution in [0.3, 0.4) is 0 Å². The molecule has 1 aromatic carbocycles. The van der Waals surface area contributed by atoms with Gasteiger partial charge in [0.15, 0.2) is 0 Å². The Morgan fingerprint density at radius 1 is 1.29 bits per heavy atom. The van der Waals surface area contributed by atoms with Gasteiger partial charge in [0, 0.05) is 19.9 Å². The number of hydrogen-bond acceptors (Lipinski definition) is 2. The molecule has 0 aliphatic carbocycles. The highest BCUT2D eigenvalue weighted by Crippen LogP contribution is 2.27. The Bertz CT molecular complexity index is 502.